The highest BCUT2D eigenvalue weighted by Gasteiger charge is 2.31. The molecule has 0 bridgehead atoms. The summed E-state index contributed by atoms with van der Waals surface area (Å²) in [7, 11) is 0. The summed E-state index contributed by atoms with van der Waals surface area (Å²) in [6.45, 7) is 8.40. The average Bonchev–Trinajstić information content (AvgIpc) is 3.43. The lowest BCUT2D eigenvalue weighted by Crippen LogP contribution is -2.50. The lowest BCUT2D eigenvalue weighted by atomic mass is 10.0. The molecule has 0 atom stereocenters. The molecule has 6 rings (SSSR count). The number of carbonyl (C=O) groups is 1. The van der Waals surface area contributed by atoms with E-state index in [-0.39, 0.29) is 5.91 Å². The van der Waals surface area contributed by atoms with E-state index < -0.39 is 0 Å². The molecule has 0 unspecified atom stereocenters. The molecule has 0 aliphatic carbocycles. The maximum atomic E-state index is 13.6. The number of hydrogen-bond donors (Lipinski definition) is 3. The number of morpholine rings is 1. The zero-order valence-corrected chi connectivity index (χ0v) is 22.7. The van der Waals surface area contributed by atoms with Gasteiger partial charge in [0.25, 0.3) is 5.91 Å². The molecular formula is C28H34N8O4. The van der Waals surface area contributed by atoms with Crippen LogP contribution in [0.2, 0.25) is 0 Å². The van der Waals surface area contributed by atoms with Crippen LogP contribution in [0.15, 0.2) is 18.3 Å². The van der Waals surface area contributed by atoms with E-state index in [1.807, 2.05) is 11.0 Å². The van der Waals surface area contributed by atoms with Crippen molar-refractivity contribution in [2.45, 2.75) is 32.2 Å². The van der Waals surface area contributed by atoms with E-state index in [0.717, 1.165) is 45.6 Å². The number of amides is 1. The zero-order valence-electron chi connectivity index (χ0n) is 22.7. The number of fused-ring (bicyclic) bond motifs is 2. The van der Waals surface area contributed by atoms with Crippen LogP contribution in [0.1, 0.15) is 42.1 Å². The quantitative estimate of drug-likeness (QED) is 0.405. The van der Waals surface area contributed by atoms with Crippen molar-refractivity contribution >= 4 is 34.4 Å². The largest absolute Gasteiger partial charge is 0.485 e. The van der Waals surface area contributed by atoms with Gasteiger partial charge in [-0.05, 0) is 31.4 Å². The standard InChI is InChI=1S/C28H34N8O4/c1-2-7-30-25-22-18(16-29)17-31-26(22)34-28(33-25)32-21-4-3-20(23-24(21)40-15-14-39-23)27(37)36-8-5-19(6-9-36)35-10-12-38-13-11-35/h3-4,17,19H,2,5-15H2,1H3,(H3,30,31,32,33,34). The number of anilines is 3. The van der Waals surface area contributed by atoms with Gasteiger partial charge in [0.2, 0.25) is 5.95 Å². The van der Waals surface area contributed by atoms with Crippen molar-refractivity contribution in [3.05, 3.63) is 29.5 Å². The van der Waals surface area contributed by atoms with Gasteiger partial charge in [-0.1, -0.05) is 6.92 Å². The van der Waals surface area contributed by atoms with Crippen molar-refractivity contribution < 1.29 is 19.0 Å². The number of aromatic amines is 1. The topological polar surface area (TPSA) is 141 Å². The third-order valence-electron chi connectivity index (χ3n) is 7.67. The van der Waals surface area contributed by atoms with Crippen LogP contribution in [0.3, 0.4) is 0 Å². The van der Waals surface area contributed by atoms with Gasteiger partial charge >= 0.3 is 0 Å². The van der Waals surface area contributed by atoms with Gasteiger partial charge in [-0.25, -0.2) is 0 Å². The number of aromatic nitrogens is 3. The lowest BCUT2D eigenvalue weighted by Gasteiger charge is -2.40. The van der Waals surface area contributed by atoms with Crippen LogP contribution in [0.5, 0.6) is 11.5 Å². The first-order valence-electron chi connectivity index (χ1n) is 14.0. The highest BCUT2D eigenvalue weighted by atomic mass is 16.6. The molecule has 3 aliphatic rings. The number of H-pyrrole nitrogens is 1. The van der Waals surface area contributed by atoms with Crippen LogP contribution in [0, 0.1) is 11.3 Å². The minimum Gasteiger partial charge on any atom is -0.485 e. The molecule has 3 N–H and O–H groups in total. The molecule has 210 valence electrons. The third kappa shape index (κ3) is 5.10. The van der Waals surface area contributed by atoms with Crippen LogP contribution in [0.4, 0.5) is 17.5 Å². The second kappa shape index (κ2) is 11.6. The monoisotopic (exact) mass is 546 g/mol. The van der Waals surface area contributed by atoms with Gasteiger partial charge in [-0.3, -0.25) is 9.69 Å². The Balaban J connectivity index is 1.23. The van der Waals surface area contributed by atoms with E-state index in [1.165, 1.54) is 0 Å². The van der Waals surface area contributed by atoms with Crippen molar-refractivity contribution in [2.24, 2.45) is 0 Å². The minimum absolute atomic E-state index is 0.0483. The third-order valence-corrected chi connectivity index (χ3v) is 7.67. The Bertz CT molecular complexity index is 1420. The minimum atomic E-state index is -0.0483. The number of carbonyl (C=O) groups excluding carboxylic acids is 1. The van der Waals surface area contributed by atoms with Crippen molar-refractivity contribution in [1.82, 2.24) is 24.8 Å². The number of rotatable bonds is 7. The molecule has 12 heteroatoms. The number of ether oxygens (including phenoxy) is 3. The molecule has 0 radical (unpaired) electrons. The van der Waals surface area contributed by atoms with Gasteiger partial charge in [0.15, 0.2) is 11.5 Å². The van der Waals surface area contributed by atoms with E-state index in [2.05, 4.69) is 43.5 Å². The van der Waals surface area contributed by atoms with Gasteiger partial charge in [-0.2, -0.15) is 15.2 Å². The molecule has 2 saturated heterocycles. The Hall–Kier alpha value is -4.08. The zero-order chi connectivity index (χ0) is 27.5. The Morgan fingerprint density at radius 2 is 1.88 bits per heavy atom. The first-order chi connectivity index (χ1) is 19.7. The second-order valence-corrected chi connectivity index (χ2v) is 10.2. The summed E-state index contributed by atoms with van der Waals surface area (Å²) in [5.41, 5.74) is 2.12. The Kier molecular flexibility index (Phi) is 7.57. The average molecular weight is 547 g/mol. The van der Waals surface area contributed by atoms with Crippen LogP contribution in [-0.4, -0.2) is 95.9 Å². The Morgan fingerprint density at radius 3 is 2.62 bits per heavy atom. The highest BCUT2D eigenvalue weighted by Crippen LogP contribution is 2.42. The number of hydrogen-bond acceptors (Lipinski definition) is 10. The maximum absolute atomic E-state index is 13.6. The van der Waals surface area contributed by atoms with Crippen LogP contribution < -0.4 is 20.1 Å². The molecule has 12 nitrogen and oxygen atoms in total. The van der Waals surface area contributed by atoms with E-state index in [9.17, 15) is 10.1 Å². The fourth-order valence-corrected chi connectivity index (χ4v) is 5.62. The second-order valence-electron chi connectivity index (χ2n) is 10.2. The number of benzene rings is 1. The normalized spacial score (nSPS) is 17.9. The fraction of sp³-hybridized carbons (Fsp3) is 0.500. The lowest BCUT2D eigenvalue weighted by molar-refractivity contribution is 0.00152. The number of piperidine rings is 1. The predicted octanol–water partition coefficient (Wildman–Crippen LogP) is 3.10. The molecule has 40 heavy (non-hydrogen) atoms. The number of nitrogens with zero attached hydrogens (tertiary/aromatic N) is 5. The van der Waals surface area contributed by atoms with Gasteiger partial charge in [0.05, 0.1) is 35.4 Å². The Labute approximate surface area is 232 Å². The van der Waals surface area contributed by atoms with E-state index >= 15 is 0 Å². The van der Waals surface area contributed by atoms with E-state index in [1.54, 1.807) is 12.3 Å². The van der Waals surface area contributed by atoms with Crippen LogP contribution >= 0.6 is 0 Å². The van der Waals surface area contributed by atoms with Crippen LogP contribution in [0.25, 0.3) is 11.0 Å². The maximum Gasteiger partial charge on any atom is 0.257 e. The van der Waals surface area contributed by atoms with Gasteiger partial charge in [0.1, 0.15) is 30.7 Å². The van der Waals surface area contributed by atoms with Crippen molar-refractivity contribution in [2.75, 3.05) is 69.8 Å². The number of nitrogens with one attached hydrogen (secondary N) is 3. The van der Waals surface area contributed by atoms with Gasteiger partial charge in [0, 0.05) is 45.0 Å². The first kappa shape index (κ1) is 26.2. The van der Waals surface area contributed by atoms with Gasteiger partial charge in [-0.15, -0.1) is 0 Å². The molecule has 2 aromatic heterocycles. The molecule has 3 aliphatic heterocycles. The van der Waals surface area contributed by atoms with Gasteiger partial charge < -0.3 is 34.7 Å². The molecule has 2 fully saturated rings. The predicted molar refractivity (Wildman–Crippen MR) is 149 cm³/mol. The number of likely N-dealkylation sites (tertiary alicyclic amines) is 1. The molecule has 5 heterocycles. The Morgan fingerprint density at radius 1 is 1.10 bits per heavy atom. The number of nitriles is 1. The van der Waals surface area contributed by atoms with E-state index in [4.69, 9.17) is 14.2 Å². The molecule has 0 spiro atoms. The summed E-state index contributed by atoms with van der Waals surface area (Å²) in [4.78, 5) is 30.3. The SMILES string of the molecule is CCCNc1nc(Nc2ccc(C(=O)N3CCC(N4CCOCC4)CC3)c3c2OCCO3)nc2[nH]cc(C#N)c12. The summed E-state index contributed by atoms with van der Waals surface area (Å²) in [5.74, 6) is 1.77. The molecule has 1 amide bonds. The summed E-state index contributed by atoms with van der Waals surface area (Å²) < 4.78 is 17.5. The smallest absolute Gasteiger partial charge is 0.257 e. The summed E-state index contributed by atoms with van der Waals surface area (Å²) >= 11 is 0. The molecule has 0 saturated carbocycles. The highest BCUT2D eigenvalue weighted by molar-refractivity contribution is 5.99. The summed E-state index contributed by atoms with van der Waals surface area (Å²) in [6, 6.07) is 6.27. The van der Waals surface area contributed by atoms with Crippen molar-refractivity contribution in [1.29, 1.82) is 5.26 Å². The van der Waals surface area contributed by atoms with Crippen molar-refractivity contribution in [3.8, 4) is 17.6 Å². The fourth-order valence-electron chi connectivity index (χ4n) is 5.62. The molecule has 1 aromatic carbocycles. The van der Waals surface area contributed by atoms with E-state index in [0.29, 0.717) is 90.0 Å². The molecule has 3 aromatic rings. The summed E-state index contributed by atoms with van der Waals surface area (Å²) in [6.07, 6.45) is 4.43. The van der Waals surface area contributed by atoms with Crippen molar-refractivity contribution in [3.63, 3.8) is 0 Å². The molecular weight excluding hydrogens is 512 g/mol. The van der Waals surface area contributed by atoms with Crippen LogP contribution in [-0.2, 0) is 4.74 Å². The summed E-state index contributed by atoms with van der Waals surface area (Å²) in [5, 5.41) is 16.7. The first-order valence-corrected chi connectivity index (χ1v) is 14.0.